The van der Waals surface area contributed by atoms with Gasteiger partial charge in [0.25, 0.3) is 11.8 Å². The van der Waals surface area contributed by atoms with Crippen molar-refractivity contribution in [2.75, 3.05) is 5.75 Å². The third-order valence-corrected chi connectivity index (χ3v) is 5.92. The molecule has 4 amide bonds. The predicted octanol–water partition coefficient (Wildman–Crippen LogP) is 2.96. The molecule has 27 heavy (non-hydrogen) atoms. The topological polar surface area (TPSA) is 87.3 Å². The van der Waals surface area contributed by atoms with E-state index in [1.807, 2.05) is 30.3 Å². The number of rotatable bonds is 6. The Labute approximate surface area is 166 Å². The number of hydrogen-bond donors (Lipinski definition) is 3. The molecule has 8 heteroatoms. The molecule has 0 radical (unpaired) electrons. The minimum atomic E-state index is -1.01. The molecule has 140 valence electrons. The van der Waals surface area contributed by atoms with Crippen LogP contribution in [0, 0.1) is 0 Å². The van der Waals surface area contributed by atoms with Gasteiger partial charge in [-0.3, -0.25) is 14.9 Å². The second kappa shape index (κ2) is 8.02. The molecule has 3 rings (SSSR count). The standard InChI is InChI=1S/C19H18ClN3O3S/c1-19(17(25)22-18(26)23-19)11-27-15-9-5-3-7-13(15)16(24)21-10-12-6-2-4-8-14(12)20/h2-9H,10-11H2,1H3,(H,21,24)(H2,22,23,25,26)/t19-/m1/s1. The van der Waals surface area contributed by atoms with E-state index < -0.39 is 11.6 Å². The molecule has 0 unspecified atom stereocenters. The largest absolute Gasteiger partial charge is 0.348 e. The van der Waals surface area contributed by atoms with Crippen molar-refractivity contribution in [3.63, 3.8) is 0 Å². The van der Waals surface area contributed by atoms with Gasteiger partial charge in [0, 0.05) is 22.2 Å². The Bertz CT molecular complexity index is 905. The van der Waals surface area contributed by atoms with Crippen LogP contribution in [-0.2, 0) is 11.3 Å². The Morgan fingerprint density at radius 3 is 2.56 bits per heavy atom. The number of carbonyl (C=O) groups is 3. The van der Waals surface area contributed by atoms with Gasteiger partial charge in [0.15, 0.2) is 0 Å². The number of hydrogen-bond acceptors (Lipinski definition) is 4. The number of urea groups is 1. The Morgan fingerprint density at radius 2 is 1.85 bits per heavy atom. The van der Waals surface area contributed by atoms with Crippen molar-refractivity contribution in [2.45, 2.75) is 23.9 Å². The van der Waals surface area contributed by atoms with Gasteiger partial charge in [-0.15, -0.1) is 11.8 Å². The zero-order valence-electron chi connectivity index (χ0n) is 14.5. The molecular formula is C19H18ClN3O3S. The Morgan fingerprint density at radius 1 is 1.15 bits per heavy atom. The van der Waals surface area contributed by atoms with Crippen molar-refractivity contribution < 1.29 is 14.4 Å². The van der Waals surface area contributed by atoms with E-state index >= 15 is 0 Å². The van der Waals surface area contributed by atoms with Crippen LogP contribution in [0.2, 0.25) is 5.02 Å². The highest BCUT2D eigenvalue weighted by molar-refractivity contribution is 7.99. The Kier molecular flexibility index (Phi) is 5.72. The number of nitrogens with one attached hydrogen (secondary N) is 3. The molecule has 3 N–H and O–H groups in total. The molecule has 0 aliphatic carbocycles. The first-order chi connectivity index (χ1) is 12.9. The molecule has 1 aliphatic heterocycles. The van der Waals surface area contributed by atoms with Crippen LogP contribution < -0.4 is 16.0 Å². The van der Waals surface area contributed by atoms with Crippen LogP contribution in [0.1, 0.15) is 22.8 Å². The summed E-state index contributed by atoms with van der Waals surface area (Å²) < 4.78 is 0. The summed E-state index contributed by atoms with van der Waals surface area (Å²) in [6, 6.07) is 13.9. The second-order valence-electron chi connectivity index (χ2n) is 6.30. The molecular weight excluding hydrogens is 386 g/mol. The first kappa shape index (κ1) is 19.3. The fraction of sp³-hybridized carbons (Fsp3) is 0.211. The third kappa shape index (κ3) is 4.43. The normalized spacial score (nSPS) is 18.7. The van der Waals surface area contributed by atoms with Crippen molar-refractivity contribution in [2.24, 2.45) is 0 Å². The number of thioether (sulfide) groups is 1. The molecule has 0 bridgehead atoms. The van der Waals surface area contributed by atoms with Crippen LogP contribution in [0.15, 0.2) is 53.4 Å². The van der Waals surface area contributed by atoms with Crippen LogP contribution in [-0.4, -0.2) is 29.1 Å². The van der Waals surface area contributed by atoms with E-state index in [0.29, 0.717) is 22.9 Å². The third-order valence-electron chi connectivity index (χ3n) is 4.16. The number of carbonyl (C=O) groups excluding carboxylic acids is 3. The van der Waals surface area contributed by atoms with E-state index in [1.165, 1.54) is 11.8 Å². The van der Waals surface area contributed by atoms with E-state index in [9.17, 15) is 14.4 Å². The van der Waals surface area contributed by atoms with E-state index in [0.717, 1.165) is 10.5 Å². The number of halogens is 1. The fourth-order valence-electron chi connectivity index (χ4n) is 2.60. The molecule has 0 spiro atoms. The quantitative estimate of drug-likeness (QED) is 0.511. The van der Waals surface area contributed by atoms with Crippen LogP contribution in [0.4, 0.5) is 4.79 Å². The highest BCUT2D eigenvalue weighted by Crippen LogP contribution is 2.27. The summed E-state index contributed by atoms with van der Waals surface area (Å²) >= 11 is 7.46. The maximum atomic E-state index is 12.6. The molecule has 1 fully saturated rings. The van der Waals surface area contributed by atoms with Crippen LogP contribution in [0.25, 0.3) is 0 Å². The Hall–Kier alpha value is -2.51. The fourth-order valence-corrected chi connectivity index (χ4v) is 3.94. The van der Waals surface area contributed by atoms with Crippen LogP contribution in [0.5, 0.6) is 0 Å². The van der Waals surface area contributed by atoms with Crippen molar-refractivity contribution in [3.8, 4) is 0 Å². The molecule has 1 saturated heterocycles. The van der Waals surface area contributed by atoms with E-state index in [1.54, 1.807) is 25.1 Å². The lowest BCUT2D eigenvalue weighted by Crippen LogP contribution is -2.46. The van der Waals surface area contributed by atoms with Gasteiger partial charge in [0.2, 0.25) is 0 Å². The average molecular weight is 404 g/mol. The van der Waals surface area contributed by atoms with Crippen LogP contribution in [0.3, 0.4) is 0 Å². The van der Waals surface area contributed by atoms with Crippen molar-refractivity contribution in [3.05, 3.63) is 64.7 Å². The lowest BCUT2D eigenvalue weighted by molar-refractivity contribution is -0.122. The van der Waals surface area contributed by atoms with Gasteiger partial charge in [-0.25, -0.2) is 4.79 Å². The van der Waals surface area contributed by atoms with Gasteiger partial charge in [-0.1, -0.05) is 41.9 Å². The number of benzene rings is 2. The summed E-state index contributed by atoms with van der Waals surface area (Å²) in [7, 11) is 0. The van der Waals surface area contributed by atoms with Crippen molar-refractivity contribution in [1.29, 1.82) is 0 Å². The van der Waals surface area contributed by atoms with Gasteiger partial charge in [0.1, 0.15) is 5.54 Å². The first-order valence-electron chi connectivity index (χ1n) is 8.26. The monoisotopic (exact) mass is 403 g/mol. The average Bonchev–Trinajstić information content (AvgIpc) is 2.91. The van der Waals surface area contributed by atoms with Gasteiger partial charge < -0.3 is 10.6 Å². The molecule has 0 saturated carbocycles. The summed E-state index contributed by atoms with van der Waals surface area (Å²) in [5.41, 5.74) is 0.321. The SMILES string of the molecule is C[C@]1(CSc2ccccc2C(=O)NCc2ccccc2Cl)NC(=O)NC1=O. The summed E-state index contributed by atoms with van der Waals surface area (Å²) in [4.78, 5) is 36.7. The Balaban J connectivity index is 1.68. The summed E-state index contributed by atoms with van der Waals surface area (Å²) in [5, 5.41) is 8.30. The molecule has 1 aliphatic rings. The molecule has 2 aromatic rings. The molecule has 1 atom stereocenters. The van der Waals surface area contributed by atoms with Crippen molar-refractivity contribution >= 4 is 41.2 Å². The molecule has 0 aromatic heterocycles. The maximum Gasteiger partial charge on any atom is 0.322 e. The van der Waals surface area contributed by atoms with Gasteiger partial charge in [-0.2, -0.15) is 0 Å². The van der Waals surface area contributed by atoms with E-state index in [-0.39, 0.29) is 11.8 Å². The molecule has 2 aromatic carbocycles. The first-order valence-corrected chi connectivity index (χ1v) is 9.62. The van der Waals surface area contributed by atoms with Gasteiger partial charge in [0.05, 0.1) is 5.56 Å². The number of amides is 4. The van der Waals surface area contributed by atoms with Gasteiger partial charge >= 0.3 is 6.03 Å². The maximum absolute atomic E-state index is 12.6. The van der Waals surface area contributed by atoms with E-state index in [2.05, 4.69) is 16.0 Å². The highest BCUT2D eigenvalue weighted by atomic mass is 35.5. The summed E-state index contributed by atoms with van der Waals surface area (Å²) in [6.07, 6.45) is 0. The highest BCUT2D eigenvalue weighted by Gasteiger charge is 2.41. The smallest absolute Gasteiger partial charge is 0.322 e. The van der Waals surface area contributed by atoms with Crippen molar-refractivity contribution in [1.82, 2.24) is 16.0 Å². The summed E-state index contributed by atoms with van der Waals surface area (Å²) in [6.45, 7) is 1.97. The van der Waals surface area contributed by atoms with Gasteiger partial charge in [-0.05, 0) is 30.7 Å². The van der Waals surface area contributed by atoms with Crippen LogP contribution >= 0.6 is 23.4 Å². The molecule has 6 nitrogen and oxygen atoms in total. The minimum absolute atomic E-state index is 0.233. The second-order valence-corrected chi connectivity index (χ2v) is 7.72. The lowest BCUT2D eigenvalue weighted by Gasteiger charge is -2.20. The molecule has 1 heterocycles. The minimum Gasteiger partial charge on any atom is -0.348 e. The van der Waals surface area contributed by atoms with E-state index in [4.69, 9.17) is 11.6 Å². The summed E-state index contributed by atoms with van der Waals surface area (Å²) in [5.74, 6) is -0.303. The zero-order chi connectivity index (χ0) is 19.4. The lowest BCUT2D eigenvalue weighted by atomic mass is 10.1. The predicted molar refractivity (Wildman–Crippen MR) is 105 cm³/mol. The zero-order valence-corrected chi connectivity index (χ0v) is 16.1. The number of imide groups is 1.